The number of hydrogen-bond donors (Lipinski definition) is 7. The van der Waals surface area contributed by atoms with E-state index in [0.29, 0.717) is 5.69 Å². The molecule has 0 radical (unpaired) electrons. The van der Waals surface area contributed by atoms with E-state index in [9.17, 15) is 29.1 Å². The number of aromatic nitrogens is 2. The predicted octanol–water partition coefficient (Wildman–Crippen LogP) is -1.60. The number of aliphatic carboxylic acids is 1. The minimum atomic E-state index is -1.22. The van der Waals surface area contributed by atoms with E-state index in [1.807, 2.05) is 0 Å². The van der Waals surface area contributed by atoms with E-state index in [0.717, 1.165) is 0 Å². The Bertz CT molecular complexity index is 856. The molecule has 9 N–H and O–H groups in total. The molecule has 0 aliphatic carbocycles. The minimum Gasteiger partial charge on any atom is -0.480 e. The fourth-order valence-electron chi connectivity index (χ4n) is 2.99. The normalized spacial score (nSPS) is 14.7. The van der Waals surface area contributed by atoms with E-state index >= 15 is 0 Å². The van der Waals surface area contributed by atoms with Crippen LogP contribution in [0.4, 0.5) is 0 Å². The number of nitrogens with zero attached hydrogens (tertiary/aromatic N) is 1. The Morgan fingerprint density at radius 3 is 2.03 bits per heavy atom. The van der Waals surface area contributed by atoms with Crippen LogP contribution in [-0.4, -0.2) is 68.8 Å². The predicted molar refractivity (Wildman–Crippen MR) is 122 cm³/mol. The molecule has 4 amide bonds. The van der Waals surface area contributed by atoms with Crippen molar-refractivity contribution in [1.82, 2.24) is 25.9 Å². The van der Waals surface area contributed by atoms with Gasteiger partial charge in [0.1, 0.15) is 18.1 Å². The summed E-state index contributed by atoms with van der Waals surface area (Å²) in [6.07, 6.45) is 2.52. The number of carbonyl (C=O) groups is 5. The van der Waals surface area contributed by atoms with E-state index in [-0.39, 0.29) is 25.2 Å². The van der Waals surface area contributed by atoms with Gasteiger partial charge in [-0.05, 0) is 18.3 Å². The molecule has 34 heavy (non-hydrogen) atoms. The third kappa shape index (κ3) is 9.17. The fraction of sp³-hybridized carbons (Fsp3) is 0.619. The van der Waals surface area contributed by atoms with Crippen molar-refractivity contribution in [3.63, 3.8) is 0 Å². The highest BCUT2D eigenvalue weighted by Gasteiger charge is 2.32. The second kappa shape index (κ2) is 13.3. The SMILES string of the molecule is CC(C)C(N)C(=O)NC(CCC(N)=O)C(=O)NC(Cc1cnc[nH]1)C(=O)NC(C(=O)O)C(C)C. The Morgan fingerprint density at radius 1 is 0.971 bits per heavy atom. The number of aromatic amines is 1. The number of carbonyl (C=O) groups excluding carboxylic acids is 4. The van der Waals surface area contributed by atoms with Crippen molar-refractivity contribution in [3.05, 3.63) is 18.2 Å². The average molecular weight is 482 g/mol. The smallest absolute Gasteiger partial charge is 0.326 e. The van der Waals surface area contributed by atoms with Crippen LogP contribution in [0.3, 0.4) is 0 Å². The average Bonchev–Trinajstić information content (AvgIpc) is 3.25. The summed E-state index contributed by atoms with van der Waals surface area (Å²) in [5, 5.41) is 16.9. The zero-order valence-corrected chi connectivity index (χ0v) is 19.8. The zero-order chi connectivity index (χ0) is 26.0. The second-order valence-corrected chi connectivity index (χ2v) is 8.75. The van der Waals surface area contributed by atoms with Crippen molar-refractivity contribution in [2.24, 2.45) is 23.3 Å². The third-order valence-electron chi connectivity index (χ3n) is 5.18. The molecule has 13 nitrogen and oxygen atoms in total. The van der Waals surface area contributed by atoms with Crippen LogP contribution in [-0.2, 0) is 30.4 Å². The van der Waals surface area contributed by atoms with Gasteiger partial charge in [0.15, 0.2) is 0 Å². The largest absolute Gasteiger partial charge is 0.480 e. The summed E-state index contributed by atoms with van der Waals surface area (Å²) in [5.74, 6) is -4.59. The number of nitrogens with two attached hydrogens (primary N) is 2. The molecule has 0 aromatic carbocycles. The van der Waals surface area contributed by atoms with Gasteiger partial charge >= 0.3 is 5.97 Å². The van der Waals surface area contributed by atoms with Gasteiger partial charge in [0.25, 0.3) is 0 Å². The van der Waals surface area contributed by atoms with Crippen molar-refractivity contribution in [2.45, 2.75) is 71.1 Å². The van der Waals surface area contributed by atoms with Gasteiger partial charge in [0.2, 0.25) is 23.6 Å². The highest BCUT2D eigenvalue weighted by atomic mass is 16.4. The first-order chi connectivity index (χ1) is 15.8. The number of carboxylic acids is 1. The van der Waals surface area contributed by atoms with Crippen molar-refractivity contribution >= 4 is 29.6 Å². The minimum absolute atomic E-state index is 0.0238. The van der Waals surface area contributed by atoms with Crippen LogP contribution >= 0.6 is 0 Å². The standard InChI is InChI=1S/C21H35N7O6/c1-10(2)16(23)20(32)26-13(5-6-15(22)29)18(30)27-14(7-12-8-24-9-25-12)19(31)28-17(11(3)4)21(33)34/h8-11,13-14,16-17H,5-7,23H2,1-4H3,(H2,22,29)(H,24,25)(H,26,32)(H,27,30)(H,28,31)(H,33,34). The van der Waals surface area contributed by atoms with Gasteiger partial charge in [-0.3, -0.25) is 19.2 Å². The molecular weight excluding hydrogens is 446 g/mol. The molecular formula is C21H35N7O6. The molecule has 0 aliphatic rings. The van der Waals surface area contributed by atoms with Gasteiger partial charge in [-0.1, -0.05) is 27.7 Å². The number of H-pyrrole nitrogens is 1. The van der Waals surface area contributed by atoms with Crippen LogP contribution in [0, 0.1) is 11.8 Å². The van der Waals surface area contributed by atoms with Gasteiger partial charge < -0.3 is 37.5 Å². The summed E-state index contributed by atoms with van der Waals surface area (Å²) in [5.41, 5.74) is 11.6. The lowest BCUT2D eigenvalue weighted by molar-refractivity contribution is -0.143. The zero-order valence-electron chi connectivity index (χ0n) is 19.8. The van der Waals surface area contributed by atoms with E-state index in [4.69, 9.17) is 11.5 Å². The highest BCUT2D eigenvalue weighted by molar-refractivity contribution is 5.94. The number of rotatable bonds is 14. The lowest BCUT2D eigenvalue weighted by atomic mass is 10.0. The maximum Gasteiger partial charge on any atom is 0.326 e. The molecule has 190 valence electrons. The topological polar surface area (TPSA) is 222 Å². The summed E-state index contributed by atoms with van der Waals surface area (Å²) in [7, 11) is 0. The first kappa shape index (κ1) is 28.6. The maximum atomic E-state index is 13.0. The van der Waals surface area contributed by atoms with Crippen LogP contribution in [0.5, 0.6) is 0 Å². The second-order valence-electron chi connectivity index (χ2n) is 8.75. The van der Waals surface area contributed by atoms with Crippen LogP contribution in [0.15, 0.2) is 12.5 Å². The van der Waals surface area contributed by atoms with Crippen LogP contribution in [0.25, 0.3) is 0 Å². The number of carboxylic acid groups (broad SMARTS) is 1. The monoisotopic (exact) mass is 481 g/mol. The van der Waals surface area contributed by atoms with Gasteiger partial charge in [-0.2, -0.15) is 0 Å². The summed E-state index contributed by atoms with van der Waals surface area (Å²) in [6.45, 7) is 6.74. The molecule has 0 fully saturated rings. The first-order valence-corrected chi connectivity index (χ1v) is 11.0. The first-order valence-electron chi connectivity index (χ1n) is 11.0. The molecule has 4 atom stereocenters. The van der Waals surface area contributed by atoms with Gasteiger partial charge in [0.05, 0.1) is 12.4 Å². The fourth-order valence-corrected chi connectivity index (χ4v) is 2.99. The number of amides is 4. The van der Waals surface area contributed by atoms with Crippen molar-refractivity contribution in [2.75, 3.05) is 0 Å². The van der Waals surface area contributed by atoms with Crippen molar-refractivity contribution < 1.29 is 29.1 Å². The Hall–Kier alpha value is -3.48. The number of imidazole rings is 1. The Balaban J connectivity index is 3.10. The quantitative estimate of drug-likeness (QED) is 0.163. The van der Waals surface area contributed by atoms with Crippen LogP contribution < -0.4 is 27.4 Å². The molecule has 0 saturated carbocycles. The van der Waals surface area contributed by atoms with Crippen LogP contribution in [0.2, 0.25) is 0 Å². The molecule has 1 rings (SSSR count). The highest BCUT2D eigenvalue weighted by Crippen LogP contribution is 2.07. The third-order valence-corrected chi connectivity index (χ3v) is 5.18. The molecule has 0 aliphatic heterocycles. The Kier molecular flexibility index (Phi) is 11.2. The van der Waals surface area contributed by atoms with Crippen molar-refractivity contribution in [1.29, 1.82) is 0 Å². The molecule has 1 heterocycles. The van der Waals surface area contributed by atoms with E-state index in [1.54, 1.807) is 27.7 Å². The Morgan fingerprint density at radius 2 is 1.56 bits per heavy atom. The van der Waals surface area contributed by atoms with Gasteiger partial charge in [0, 0.05) is 24.7 Å². The number of hydrogen-bond acceptors (Lipinski definition) is 7. The Labute approximate surface area is 197 Å². The molecule has 0 saturated heterocycles. The van der Waals surface area contributed by atoms with Gasteiger partial charge in [-0.25, -0.2) is 9.78 Å². The molecule has 0 bridgehead atoms. The molecule has 0 spiro atoms. The lowest BCUT2D eigenvalue weighted by Gasteiger charge is -2.26. The maximum absolute atomic E-state index is 13.0. The lowest BCUT2D eigenvalue weighted by Crippen LogP contribution is -2.58. The summed E-state index contributed by atoms with van der Waals surface area (Å²) in [4.78, 5) is 67.9. The number of nitrogens with one attached hydrogen (secondary N) is 4. The van der Waals surface area contributed by atoms with Crippen molar-refractivity contribution in [3.8, 4) is 0 Å². The molecule has 1 aromatic rings. The van der Waals surface area contributed by atoms with Crippen LogP contribution in [0.1, 0.15) is 46.2 Å². The summed E-state index contributed by atoms with van der Waals surface area (Å²) in [6, 6.07) is -4.46. The number of primary amides is 1. The molecule has 13 heteroatoms. The van der Waals surface area contributed by atoms with E-state index < -0.39 is 59.7 Å². The molecule has 4 unspecified atom stereocenters. The summed E-state index contributed by atoms with van der Waals surface area (Å²) >= 11 is 0. The van der Waals surface area contributed by atoms with Gasteiger partial charge in [-0.15, -0.1) is 0 Å². The molecule has 1 aromatic heterocycles. The van der Waals surface area contributed by atoms with E-state index in [2.05, 4.69) is 25.9 Å². The summed E-state index contributed by atoms with van der Waals surface area (Å²) < 4.78 is 0. The van der Waals surface area contributed by atoms with E-state index in [1.165, 1.54) is 12.5 Å².